The number of sulfonamides is 1. The van der Waals surface area contributed by atoms with Gasteiger partial charge in [0.1, 0.15) is 12.6 Å². The maximum atomic E-state index is 13.5. The molecule has 2 amide bonds. The van der Waals surface area contributed by atoms with Crippen molar-refractivity contribution in [1.82, 2.24) is 10.2 Å². The Hall–Kier alpha value is -2.39. The topological polar surface area (TPSA) is 86.8 Å². The highest BCUT2D eigenvalue weighted by molar-refractivity contribution is 9.10. The monoisotopic (exact) mass is 523 g/mol. The van der Waals surface area contributed by atoms with Crippen LogP contribution >= 0.6 is 15.9 Å². The molecular weight excluding hydrogens is 494 g/mol. The number of carbonyl (C=O) groups excluding carboxylic acids is 2. The van der Waals surface area contributed by atoms with Crippen LogP contribution in [0.1, 0.15) is 32.8 Å². The average Bonchev–Trinajstić information content (AvgIpc) is 2.71. The van der Waals surface area contributed by atoms with Gasteiger partial charge in [-0.05, 0) is 44.0 Å². The number of amides is 2. The molecule has 0 aromatic heterocycles. The van der Waals surface area contributed by atoms with Crippen LogP contribution in [0.5, 0.6) is 0 Å². The fraction of sp³-hybridized carbons (Fsp3) is 0.391. The van der Waals surface area contributed by atoms with E-state index in [0.29, 0.717) is 16.6 Å². The molecule has 32 heavy (non-hydrogen) atoms. The summed E-state index contributed by atoms with van der Waals surface area (Å²) in [5, 5.41) is 2.87. The molecule has 0 saturated carbocycles. The Bertz CT molecular complexity index is 1030. The summed E-state index contributed by atoms with van der Waals surface area (Å²) < 4.78 is 26.8. The highest BCUT2D eigenvalue weighted by atomic mass is 79.9. The van der Waals surface area contributed by atoms with Crippen molar-refractivity contribution < 1.29 is 18.0 Å². The number of hydrogen-bond donors (Lipinski definition) is 1. The number of carbonyl (C=O) groups is 2. The van der Waals surface area contributed by atoms with Crippen LogP contribution in [0.4, 0.5) is 5.69 Å². The van der Waals surface area contributed by atoms with Crippen LogP contribution in [0, 0.1) is 0 Å². The molecule has 0 fully saturated rings. The molecule has 1 N–H and O–H groups in total. The first-order valence-electron chi connectivity index (χ1n) is 10.4. The predicted molar refractivity (Wildman–Crippen MR) is 131 cm³/mol. The van der Waals surface area contributed by atoms with E-state index < -0.39 is 28.5 Å². The maximum Gasteiger partial charge on any atom is 0.244 e. The normalized spacial score (nSPS) is 12.3. The number of halogens is 1. The summed E-state index contributed by atoms with van der Waals surface area (Å²) in [5.74, 6) is -0.717. The Morgan fingerprint density at radius 3 is 2.25 bits per heavy atom. The Morgan fingerprint density at radius 1 is 1.06 bits per heavy atom. The molecule has 0 aliphatic heterocycles. The molecule has 0 spiro atoms. The minimum absolute atomic E-state index is 0.0839. The molecule has 0 aliphatic carbocycles. The van der Waals surface area contributed by atoms with Crippen molar-refractivity contribution >= 4 is 43.5 Å². The first-order chi connectivity index (χ1) is 15.0. The van der Waals surface area contributed by atoms with Crippen molar-refractivity contribution in [2.24, 2.45) is 0 Å². The largest absolute Gasteiger partial charge is 0.352 e. The number of nitrogens with zero attached hydrogens (tertiary/aromatic N) is 2. The van der Waals surface area contributed by atoms with Crippen molar-refractivity contribution in [2.75, 3.05) is 17.1 Å². The van der Waals surface area contributed by atoms with Gasteiger partial charge in [0, 0.05) is 17.1 Å². The van der Waals surface area contributed by atoms with Crippen LogP contribution in [0.15, 0.2) is 59.1 Å². The minimum atomic E-state index is -3.74. The Balaban J connectivity index is 2.41. The number of benzene rings is 2. The second kappa shape index (κ2) is 11.5. The van der Waals surface area contributed by atoms with Crippen LogP contribution < -0.4 is 9.62 Å². The number of nitrogens with one attached hydrogen (secondary N) is 1. The average molecular weight is 524 g/mol. The second-order valence-electron chi connectivity index (χ2n) is 7.84. The van der Waals surface area contributed by atoms with Gasteiger partial charge in [0.05, 0.1) is 11.9 Å². The smallest absolute Gasteiger partial charge is 0.244 e. The molecule has 7 nitrogen and oxygen atoms in total. The van der Waals surface area contributed by atoms with E-state index in [0.717, 1.165) is 16.1 Å². The molecule has 1 atom stereocenters. The predicted octanol–water partition coefficient (Wildman–Crippen LogP) is 3.55. The van der Waals surface area contributed by atoms with E-state index >= 15 is 0 Å². The lowest BCUT2D eigenvalue weighted by molar-refractivity contribution is -0.140. The third-order valence-electron chi connectivity index (χ3n) is 4.79. The lowest BCUT2D eigenvalue weighted by Crippen LogP contribution is -2.53. The van der Waals surface area contributed by atoms with Crippen molar-refractivity contribution in [1.29, 1.82) is 0 Å². The molecule has 1 unspecified atom stereocenters. The third-order valence-corrected chi connectivity index (χ3v) is 6.42. The maximum absolute atomic E-state index is 13.5. The molecule has 2 aromatic carbocycles. The number of hydrogen-bond acceptors (Lipinski definition) is 4. The van der Waals surface area contributed by atoms with Gasteiger partial charge in [-0.25, -0.2) is 8.42 Å². The fourth-order valence-electron chi connectivity index (χ4n) is 3.33. The molecular formula is C23H30BrN3O4S. The summed E-state index contributed by atoms with van der Waals surface area (Å²) in [4.78, 5) is 27.8. The zero-order chi connectivity index (χ0) is 23.9. The van der Waals surface area contributed by atoms with Gasteiger partial charge >= 0.3 is 0 Å². The first kappa shape index (κ1) is 25.9. The number of anilines is 1. The van der Waals surface area contributed by atoms with Gasteiger partial charge in [-0.1, -0.05) is 59.3 Å². The molecule has 0 radical (unpaired) electrons. The zero-order valence-electron chi connectivity index (χ0n) is 18.8. The van der Waals surface area contributed by atoms with E-state index in [1.165, 1.54) is 4.90 Å². The fourth-order valence-corrected chi connectivity index (χ4v) is 4.55. The lowest BCUT2D eigenvalue weighted by Gasteiger charge is -2.33. The van der Waals surface area contributed by atoms with Crippen molar-refractivity contribution in [2.45, 2.75) is 45.8 Å². The summed E-state index contributed by atoms with van der Waals surface area (Å²) >= 11 is 3.34. The molecule has 2 aromatic rings. The summed E-state index contributed by atoms with van der Waals surface area (Å²) in [6, 6.07) is 15.3. The van der Waals surface area contributed by atoms with E-state index in [2.05, 4.69) is 21.2 Å². The van der Waals surface area contributed by atoms with E-state index in [1.54, 1.807) is 24.3 Å². The van der Waals surface area contributed by atoms with E-state index in [-0.39, 0.29) is 18.5 Å². The lowest BCUT2D eigenvalue weighted by atomic mass is 10.1. The molecule has 0 saturated heterocycles. The van der Waals surface area contributed by atoms with Crippen LogP contribution in [0.3, 0.4) is 0 Å². The molecule has 0 bridgehead atoms. The van der Waals surface area contributed by atoms with Gasteiger partial charge < -0.3 is 10.2 Å². The van der Waals surface area contributed by atoms with Gasteiger partial charge in [-0.2, -0.15) is 0 Å². The van der Waals surface area contributed by atoms with Gasteiger partial charge in [0.25, 0.3) is 0 Å². The van der Waals surface area contributed by atoms with Crippen molar-refractivity contribution in [3.8, 4) is 0 Å². The van der Waals surface area contributed by atoms with Crippen LogP contribution in [0.25, 0.3) is 0 Å². The first-order valence-corrected chi connectivity index (χ1v) is 13.0. The summed E-state index contributed by atoms with van der Waals surface area (Å²) in [7, 11) is -3.74. The van der Waals surface area contributed by atoms with Gasteiger partial charge in [-0.15, -0.1) is 0 Å². The minimum Gasteiger partial charge on any atom is -0.352 e. The van der Waals surface area contributed by atoms with Crippen LogP contribution in [0.2, 0.25) is 0 Å². The van der Waals surface area contributed by atoms with Crippen molar-refractivity contribution in [3.05, 3.63) is 64.6 Å². The number of rotatable bonds is 10. The van der Waals surface area contributed by atoms with E-state index in [9.17, 15) is 18.0 Å². The summed E-state index contributed by atoms with van der Waals surface area (Å²) in [6.07, 6.45) is 1.46. The molecule has 174 valence electrons. The zero-order valence-corrected chi connectivity index (χ0v) is 21.2. The third kappa shape index (κ3) is 7.34. The van der Waals surface area contributed by atoms with E-state index in [4.69, 9.17) is 0 Å². The van der Waals surface area contributed by atoms with Gasteiger partial charge in [-0.3, -0.25) is 13.9 Å². The molecule has 0 aliphatic rings. The SMILES string of the molecule is CCC(C(=O)NC(C)C)N(Cc1ccccc1)C(=O)CN(c1cccc(Br)c1)S(C)(=O)=O. The Labute approximate surface area is 199 Å². The molecule has 9 heteroatoms. The summed E-state index contributed by atoms with van der Waals surface area (Å²) in [6.45, 7) is 5.32. The highest BCUT2D eigenvalue weighted by Crippen LogP contribution is 2.23. The quantitative estimate of drug-likeness (QED) is 0.515. The van der Waals surface area contributed by atoms with Gasteiger partial charge in [0.15, 0.2) is 0 Å². The van der Waals surface area contributed by atoms with Crippen LogP contribution in [-0.4, -0.2) is 50.0 Å². The van der Waals surface area contributed by atoms with E-state index in [1.807, 2.05) is 51.1 Å². The Morgan fingerprint density at radius 2 is 1.72 bits per heavy atom. The molecule has 2 rings (SSSR count). The van der Waals surface area contributed by atoms with Crippen molar-refractivity contribution in [3.63, 3.8) is 0 Å². The molecule has 0 heterocycles. The van der Waals surface area contributed by atoms with Gasteiger partial charge in [0.2, 0.25) is 21.8 Å². The highest BCUT2D eigenvalue weighted by Gasteiger charge is 2.31. The van der Waals surface area contributed by atoms with Crippen LogP contribution in [-0.2, 0) is 26.2 Å². The Kier molecular flexibility index (Phi) is 9.27. The summed E-state index contributed by atoms with van der Waals surface area (Å²) in [5.41, 5.74) is 1.22. The second-order valence-corrected chi connectivity index (χ2v) is 10.7. The standard InChI is InChI=1S/C23H30BrN3O4S/c1-5-21(23(29)25-17(2)3)26(15-18-10-7-6-8-11-18)22(28)16-27(32(4,30)31)20-13-9-12-19(24)14-20/h6-14,17,21H,5,15-16H2,1-4H3,(H,25,29).